The second kappa shape index (κ2) is 8.71. The van der Waals surface area contributed by atoms with Crippen LogP contribution in [0.4, 0.5) is 5.69 Å². The summed E-state index contributed by atoms with van der Waals surface area (Å²) < 4.78 is 5.56. The second-order valence-electron chi connectivity index (χ2n) is 4.77. The maximum atomic E-state index is 11.8. The fourth-order valence-corrected chi connectivity index (χ4v) is 2.56. The van der Waals surface area contributed by atoms with Gasteiger partial charge in [0.05, 0.1) is 12.4 Å². The Morgan fingerprint density at radius 1 is 1.23 bits per heavy atom. The van der Waals surface area contributed by atoms with E-state index < -0.39 is 0 Å². The molecule has 0 spiro atoms. The van der Waals surface area contributed by atoms with Crippen molar-refractivity contribution in [1.29, 1.82) is 0 Å². The van der Waals surface area contributed by atoms with Crippen LogP contribution in [0.3, 0.4) is 0 Å². The largest absolute Gasteiger partial charge is 0.493 e. The molecule has 0 unspecified atom stereocenters. The lowest BCUT2D eigenvalue weighted by atomic mass is 10.2. The van der Waals surface area contributed by atoms with Gasteiger partial charge in [0.15, 0.2) is 0 Å². The van der Waals surface area contributed by atoms with Crippen LogP contribution in [0.5, 0.6) is 5.75 Å². The molecule has 0 bridgehead atoms. The van der Waals surface area contributed by atoms with Gasteiger partial charge in [-0.3, -0.25) is 4.79 Å². The number of carbonyl (C=O) groups is 1. The minimum atomic E-state index is -0.00314. The van der Waals surface area contributed by atoms with E-state index in [1.165, 1.54) is 17.3 Å². The molecular weight excluding hydrogens is 318 g/mol. The number of hydrogen-bond acceptors (Lipinski definition) is 3. The number of aryl methyl sites for hydroxylation is 1. The van der Waals surface area contributed by atoms with Gasteiger partial charge in [0, 0.05) is 16.5 Å². The Balaban J connectivity index is 1.62. The fourth-order valence-electron chi connectivity index (χ4n) is 1.77. The summed E-state index contributed by atoms with van der Waals surface area (Å²) in [6, 6.07) is 15.0. The van der Waals surface area contributed by atoms with Crippen LogP contribution in [0.2, 0.25) is 5.02 Å². The predicted octanol–water partition coefficient (Wildman–Crippen LogP) is 4.40. The molecule has 0 saturated heterocycles. The molecule has 3 nitrogen and oxygen atoms in total. The molecule has 2 rings (SSSR count). The zero-order chi connectivity index (χ0) is 15.8. The summed E-state index contributed by atoms with van der Waals surface area (Å²) in [7, 11) is 0. The van der Waals surface area contributed by atoms with E-state index in [0.717, 1.165) is 17.2 Å². The van der Waals surface area contributed by atoms with Gasteiger partial charge in [-0.1, -0.05) is 35.4 Å². The van der Waals surface area contributed by atoms with E-state index in [0.29, 0.717) is 17.4 Å². The van der Waals surface area contributed by atoms with Gasteiger partial charge in [0.25, 0.3) is 0 Å². The van der Waals surface area contributed by atoms with E-state index >= 15 is 0 Å². The average molecular weight is 336 g/mol. The third-order valence-corrected chi connectivity index (χ3v) is 4.02. The smallest absolute Gasteiger partial charge is 0.234 e. The molecule has 0 saturated carbocycles. The number of anilines is 1. The Hall–Kier alpha value is -1.65. The summed E-state index contributed by atoms with van der Waals surface area (Å²) in [6.07, 6.45) is 0. The van der Waals surface area contributed by atoms with Gasteiger partial charge >= 0.3 is 0 Å². The van der Waals surface area contributed by atoms with E-state index in [2.05, 4.69) is 5.32 Å². The molecule has 0 aromatic heterocycles. The molecular formula is C17H18ClNO2S. The Bertz CT molecular complexity index is 616. The number of ether oxygens (including phenoxy) is 1. The molecule has 0 aliphatic carbocycles. The van der Waals surface area contributed by atoms with Crippen molar-refractivity contribution in [3.8, 4) is 5.75 Å². The van der Waals surface area contributed by atoms with Crippen LogP contribution in [0.25, 0.3) is 0 Å². The van der Waals surface area contributed by atoms with E-state index in [9.17, 15) is 4.79 Å². The van der Waals surface area contributed by atoms with Crippen LogP contribution >= 0.6 is 23.4 Å². The lowest BCUT2D eigenvalue weighted by Gasteiger charge is -2.07. The molecule has 1 amide bonds. The third kappa shape index (κ3) is 6.00. The van der Waals surface area contributed by atoms with Crippen molar-refractivity contribution in [2.75, 3.05) is 23.4 Å². The second-order valence-corrected chi connectivity index (χ2v) is 6.31. The topological polar surface area (TPSA) is 38.3 Å². The summed E-state index contributed by atoms with van der Waals surface area (Å²) >= 11 is 7.41. The maximum absolute atomic E-state index is 11.8. The third-order valence-electron chi connectivity index (χ3n) is 2.86. The van der Waals surface area contributed by atoms with Gasteiger partial charge in [-0.15, -0.1) is 11.8 Å². The van der Waals surface area contributed by atoms with Crippen molar-refractivity contribution < 1.29 is 9.53 Å². The summed E-state index contributed by atoms with van der Waals surface area (Å²) in [5.41, 5.74) is 2.00. The summed E-state index contributed by atoms with van der Waals surface area (Å²) in [5, 5.41) is 3.52. The Labute approximate surface area is 140 Å². The molecule has 2 aromatic carbocycles. The maximum Gasteiger partial charge on any atom is 0.234 e. The zero-order valence-corrected chi connectivity index (χ0v) is 13.9. The van der Waals surface area contributed by atoms with Crippen molar-refractivity contribution >= 4 is 35.0 Å². The van der Waals surface area contributed by atoms with Crippen LogP contribution in [0.15, 0.2) is 48.5 Å². The van der Waals surface area contributed by atoms with Crippen molar-refractivity contribution in [1.82, 2.24) is 0 Å². The van der Waals surface area contributed by atoms with Crippen LogP contribution in [0, 0.1) is 6.92 Å². The van der Waals surface area contributed by atoms with Gasteiger partial charge in [-0.2, -0.15) is 0 Å². The van der Waals surface area contributed by atoms with E-state index in [1.54, 1.807) is 12.1 Å². The summed E-state index contributed by atoms with van der Waals surface area (Å²) in [4.78, 5) is 11.8. The number of nitrogens with one attached hydrogen (secondary N) is 1. The first-order chi connectivity index (χ1) is 10.6. The molecule has 0 aliphatic rings. The molecule has 0 heterocycles. The predicted molar refractivity (Wildman–Crippen MR) is 94.1 cm³/mol. The van der Waals surface area contributed by atoms with Crippen molar-refractivity contribution in [3.05, 3.63) is 59.1 Å². The molecule has 2 aromatic rings. The Kier molecular flexibility index (Phi) is 6.62. The SMILES string of the molecule is Cc1ccc(NC(=O)CSCCOc2cccc(Cl)c2)cc1. The molecule has 116 valence electrons. The van der Waals surface area contributed by atoms with E-state index in [1.807, 2.05) is 43.3 Å². The van der Waals surface area contributed by atoms with E-state index in [4.69, 9.17) is 16.3 Å². The molecule has 0 fully saturated rings. The van der Waals surface area contributed by atoms with Crippen LogP contribution < -0.4 is 10.1 Å². The highest BCUT2D eigenvalue weighted by atomic mass is 35.5. The number of benzene rings is 2. The Morgan fingerprint density at radius 2 is 2.00 bits per heavy atom. The highest BCUT2D eigenvalue weighted by Gasteiger charge is 2.02. The molecule has 5 heteroatoms. The van der Waals surface area contributed by atoms with Gasteiger partial charge < -0.3 is 10.1 Å². The Morgan fingerprint density at radius 3 is 2.73 bits per heavy atom. The van der Waals surface area contributed by atoms with Gasteiger partial charge in [0.1, 0.15) is 5.75 Å². The quantitative estimate of drug-likeness (QED) is 0.762. The molecule has 22 heavy (non-hydrogen) atoms. The van der Waals surface area contributed by atoms with Crippen LogP contribution in [0.1, 0.15) is 5.56 Å². The monoisotopic (exact) mass is 335 g/mol. The van der Waals surface area contributed by atoms with Gasteiger partial charge in [0.2, 0.25) is 5.91 Å². The number of hydrogen-bond donors (Lipinski definition) is 1. The standard InChI is InChI=1S/C17H18ClNO2S/c1-13-5-7-15(8-6-13)19-17(20)12-22-10-9-21-16-4-2-3-14(18)11-16/h2-8,11H,9-10,12H2,1H3,(H,19,20). The number of amides is 1. The number of rotatable bonds is 7. The summed E-state index contributed by atoms with van der Waals surface area (Å²) in [6.45, 7) is 2.56. The first-order valence-corrected chi connectivity index (χ1v) is 8.49. The number of thioether (sulfide) groups is 1. The number of halogens is 1. The molecule has 1 N–H and O–H groups in total. The molecule has 0 radical (unpaired) electrons. The van der Waals surface area contributed by atoms with Crippen molar-refractivity contribution in [2.45, 2.75) is 6.92 Å². The lowest BCUT2D eigenvalue weighted by Crippen LogP contribution is -2.15. The highest BCUT2D eigenvalue weighted by Crippen LogP contribution is 2.17. The normalized spacial score (nSPS) is 10.3. The van der Waals surface area contributed by atoms with Crippen molar-refractivity contribution in [3.63, 3.8) is 0 Å². The first-order valence-electron chi connectivity index (χ1n) is 6.96. The fraction of sp³-hybridized carbons (Fsp3) is 0.235. The minimum Gasteiger partial charge on any atom is -0.493 e. The van der Waals surface area contributed by atoms with Gasteiger partial charge in [-0.05, 0) is 37.3 Å². The average Bonchev–Trinajstić information content (AvgIpc) is 2.49. The zero-order valence-electron chi connectivity index (χ0n) is 12.3. The van der Waals surface area contributed by atoms with Crippen molar-refractivity contribution in [2.24, 2.45) is 0 Å². The minimum absolute atomic E-state index is 0.00314. The lowest BCUT2D eigenvalue weighted by molar-refractivity contribution is -0.113. The number of carbonyl (C=O) groups excluding carboxylic acids is 1. The molecule has 0 atom stereocenters. The first kappa shape index (κ1) is 16.7. The van der Waals surface area contributed by atoms with Gasteiger partial charge in [-0.25, -0.2) is 0 Å². The van der Waals surface area contributed by atoms with Crippen LogP contribution in [-0.2, 0) is 4.79 Å². The van der Waals surface area contributed by atoms with Crippen LogP contribution in [-0.4, -0.2) is 24.0 Å². The summed E-state index contributed by atoms with van der Waals surface area (Å²) in [5.74, 6) is 1.90. The molecule has 0 aliphatic heterocycles. The van der Waals surface area contributed by atoms with E-state index in [-0.39, 0.29) is 5.91 Å². The highest BCUT2D eigenvalue weighted by molar-refractivity contribution is 7.99.